The van der Waals surface area contributed by atoms with Gasteiger partial charge in [0.1, 0.15) is 12.4 Å². The highest BCUT2D eigenvalue weighted by molar-refractivity contribution is 6.32. The van der Waals surface area contributed by atoms with Crippen molar-refractivity contribution < 1.29 is 9.47 Å². The van der Waals surface area contributed by atoms with E-state index in [0.717, 1.165) is 24.2 Å². The van der Waals surface area contributed by atoms with Crippen molar-refractivity contribution in [3.8, 4) is 16.9 Å². The Morgan fingerprint density at radius 3 is 2.43 bits per heavy atom. The number of benzene rings is 2. The molecule has 0 fully saturated rings. The molecule has 21 heavy (non-hydrogen) atoms. The number of methoxy groups -OCH3 is 1. The molecule has 0 aliphatic carbocycles. The number of hydrogen-bond donors (Lipinski definition) is 1. The van der Waals surface area contributed by atoms with E-state index in [0.29, 0.717) is 24.0 Å². The van der Waals surface area contributed by atoms with Gasteiger partial charge >= 0.3 is 0 Å². The summed E-state index contributed by atoms with van der Waals surface area (Å²) in [6.07, 6.45) is 0. The molecule has 3 nitrogen and oxygen atoms in total. The van der Waals surface area contributed by atoms with Gasteiger partial charge in [-0.1, -0.05) is 48.0 Å². The van der Waals surface area contributed by atoms with Gasteiger partial charge in [-0.25, -0.2) is 0 Å². The van der Waals surface area contributed by atoms with Crippen molar-refractivity contribution in [2.75, 3.05) is 33.4 Å². The second-order valence-corrected chi connectivity index (χ2v) is 5.01. The van der Waals surface area contributed by atoms with E-state index in [-0.39, 0.29) is 0 Å². The Labute approximate surface area is 130 Å². The highest BCUT2D eigenvalue weighted by Crippen LogP contribution is 2.30. The van der Waals surface area contributed by atoms with Crippen LogP contribution in [0.25, 0.3) is 11.1 Å². The Kier molecular flexibility index (Phi) is 6.54. The van der Waals surface area contributed by atoms with Crippen molar-refractivity contribution in [1.29, 1.82) is 0 Å². The van der Waals surface area contributed by atoms with Crippen molar-refractivity contribution in [1.82, 2.24) is 5.32 Å². The van der Waals surface area contributed by atoms with Crippen LogP contribution in [0.2, 0.25) is 5.02 Å². The highest BCUT2D eigenvalue weighted by Gasteiger charge is 2.04. The van der Waals surface area contributed by atoms with Crippen molar-refractivity contribution >= 4 is 11.6 Å². The standard InChI is InChI=1S/C17H20ClNO2/c1-20-11-9-19-10-12-21-17-8-7-15(13-16(17)18)14-5-3-2-4-6-14/h2-8,13,19H,9-12H2,1H3. The molecular formula is C17H20ClNO2. The van der Waals surface area contributed by atoms with Crippen LogP contribution in [0.5, 0.6) is 5.75 Å². The van der Waals surface area contributed by atoms with Gasteiger partial charge in [-0.3, -0.25) is 0 Å². The van der Waals surface area contributed by atoms with E-state index in [1.165, 1.54) is 0 Å². The molecule has 0 atom stereocenters. The smallest absolute Gasteiger partial charge is 0.137 e. The molecule has 0 bridgehead atoms. The molecule has 0 aliphatic heterocycles. The van der Waals surface area contributed by atoms with E-state index in [1.807, 2.05) is 36.4 Å². The van der Waals surface area contributed by atoms with Crippen molar-refractivity contribution in [3.63, 3.8) is 0 Å². The maximum Gasteiger partial charge on any atom is 0.137 e. The van der Waals surface area contributed by atoms with Crippen LogP contribution in [-0.2, 0) is 4.74 Å². The normalized spacial score (nSPS) is 10.6. The molecule has 0 radical (unpaired) electrons. The Hall–Kier alpha value is -1.55. The first-order chi connectivity index (χ1) is 10.3. The molecule has 4 heteroatoms. The van der Waals surface area contributed by atoms with Gasteiger partial charge in [0.25, 0.3) is 0 Å². The molecular weight excluding hydrogens is 286 g/mol. The second-order valence-electron chi connectivity index (χ2n) is 4.60. The van der Waals surface area contributed by atoms with Crippen LogP contribution >= 0.6 is 11.6 Å². The molecule has 112 valence electrons. The molecule has 0 unspecified atom stereocenters. The first kappa shape index (κ1) is 15.8. The van der Waals surface area contributed by atoms with Crippen molar-refractivity contribution in [2.45, 2.75) is 0 Å². The quantitative estimate of drug-likeness (QED) is 0.756. The third-order valence-electron chi connectivity index (χ3n) is 3.06. The molecule has 2 rings (SSSR count). The van der Waals surface area contributed by atoms with E-state index in [2.05, 4.69) is 17.4 Å². The topological polar surface area (TPSA) is 30.5 Å². The maximum absolute atomic E-state index is 6.28. The lowest BCUT2D eigenvalue weighted by molar-refractivity contribution is 0.197. The van der Waals surface area contributed by atoms with Crippen LogP contribution in [0.1, 0.15) is 0 Å². The number of rotatable bonds is 8. The zero-order valence-corrected chi connectivity index (χ0v) is 12.9. The first-order valence-electron chi connectivity index (χ1n) is 6.98. The predicted octanol–water partition coefficient (Wildman–Crippen LogP) is 3.62. The van der Waals surface area contributed by atoms with E-state index in [9.17, 15) is 0 Å². The van der Waals surface area contributed by atoms with Crippen molar-refractivity contribution in [3.05, 3.63) is 53.6 Å². The zero-order valence-electron chi connectivity index (χ0n) is 12.1. The number of nitrogens with one attached hydrogen (secondary N) is 1. The van der Waals surface area contributed by atoms with Crippen LogP contribution < -0.4 is 10.1 Å². The van der Waals surface area contributed by atoms with Gasteiger partial charge in [0.2, 0.25) is 0 Å². The summed E-state index contributed by atoms with van der Waals surface area (Å²) < 4.78 is 10.6. The lowest BCUT2D eigenvalue weighted by Gasteiger charge is -2.10. The third kappa shape index (κ3) is 5.05. The summed E-state index contributed by atoms with van der Waals surface area (Å²) in [5.74, 6) is 0.713. The van der Waals surface area contributed by atoms with E-state index in [4.69, 9.17) is 21.1 Å². The highest BCUT2D eigenvalue weighted by atomic mass is 35.5. The number of hydrogen-bond acceptors (Lipinski definition) is 3. The summed E-state index contributed by atoms with van der Waals surface area (Å²) in [5.41, 5.74) is 2.23. The van der Waals surface area contributed by atoms with Gasteiger partial charge in [0, 0.05) is 20.2 Å². The molecule has 0 amide bonds. The maximum atomic E-state index is 6.28. The van der Waals surface area contributed by atoms with Gasteiger partial charge in [0.15, 0.2) is 0 Å². The Bertz CT molecular complexity index is 546. The molecule has 0 heterocycles. The predicted molar refractivity (Wildman–Crippen MR) is 87.1 cm³/mol. The third-order valence-corrected chi connectivity index (χ3v) is 3.35. The summed E-state index contributed by atoms with van der Waals surface area (Å²) in [6, 6.07) is 16.0. The molecule has 0 spiro atoms. The minimum absolute atomic E-state index is 0.577. The van der Waals surface area contributed by atoms with Gasteiger partial charge in [-0.05, 0) is 23.3 Å². The average molecular weight is 306 g/mol. The van der Waals surface area contributed by atoms with E-state index < -0.39 is 0 Å². The van der Waals surface area contributed by atoms with E-state index in [1.54, 1.807) is 7.11 Å². The Balaban J connectivity index is 1.88. The average Bonchev–Trinajstić information content (AvgIpc) is 2.53. The van der Waals surface area contributed by atoms with Crippen LogP contribution in [0, 0.1) is 0 Å². The second kappa shape index (κ2) is 8.67. The monoisotopic (exact) mass is 305 g/mol. The minimum atomic E-state index is 0.577. The van der Waals surface area contributed by atoms with Crippen LogP contribution in [0.3, 0.4) is 0 Å². The molecule has 0 aromatic heterocycles. The van der Waals surface area contributed by atoms with Gasteiger partial charge in [-0.2, -0.15) is 0 Å². The fourth-order valence-corrected chi connectivity index (χ4v) is 2.20. The Morgan fingerprint density at radius 2 is 1.71 bits per heavy atom. The SMILES string of the molecule is COCCNCCOc1ccc(-c2ccccc2)cc1Cl. The van der Waals surface area contributed by atoms with Crippen molar-refractivity contribution in [2.24, 2.45) is 0 Å². The van der Waals surface area contributed by atoms with Gasteiger partial charge < -0.3 is 14.8 Å². The summed E-state index contributed by atoms with van der Waals surface area (Å²) in [4.78, 5) is 0. The fourth-order valence-electron chi connectivity index (χ4n) is 1.96. The zero-order chi connectivity index (χ0) is 14.9. The van der Waals surface area contributed by atoms with Crippen LogP contribution in [0.15, 0.2) is 48.5 Å². The van der Waals surface area contributed by atoms with Crippen LogP contribution in [-0.4, -0.2) is 33.4 Å². The summed E-state index contributed by atoms with van der Waals surface area (Å²) in [7, 11) is 1.69. The largest absolute Gasteiger partial charge is 0.491 e. The molecule has 0 saturated carbocycles. The molecule has 2 aromatic carbocycles. The summed E-state index contributed by atoms with van der Waals surface area (Å²) in [6.45, 7) is 2.86. The minimum Gasteiger partial charge on any atom is -0.491 e. The summed E-state index contributed by atoms with van der Waals surface area (Å²) >= 11 is 6.28. The van der Waals surface area contributed by atoms with Gasteiger partial charge in [-0.15, -0.1) is 0 Å². The lowest BCUT2D eigenvalue weighted by atomic mass is 10.1. The number of halogens is 1. The van der Waals surface area contributed by atoms with Crippen LogP contribution in [0.4, 0.5) is 0 Å². The number of ether oxygens (including phenoxy) is 2. The molecule has 0 aliphatic rings. The molecule has 0 saturated heterocycles. The lowest BCUT2D eigenvalue weighted by Crippen LogP contribution is -2.24. The van der Waals surface area contributed by atoms with E-state index >= 15 is 0 Å². The first-order valence-corrected chi connectivity index (χ1v) is 7.36. The van der Waals surface area contributed by atoms with Gasteiger partial charge in [0.05, 0.1) is 11.6 Å². The summed E-state index contributed by atoms with van der Waals surface area (Å²) in [5, 5.41) is 3.85. The molecule has 1 N–H and O–H groups in total. The molecule has 2 aromatic rings. The fraction of sp³-hybridized carbons (Fsp3) is 0.294. The Morgan fingerprint density at radius 1 is 0.952 bits per heavy atom.